The normalized spacial score (nSPS) is 16.4. The minimum atomic E-state index is -1.49. The van der Waals surface area contributed by atoms with Crippen LogP contribution in [0.2, 0.25) is 18.1 Å². The van der Waals surface area contributed by atoms with Crippen molar-refractivity contribution in [3.8, 4) is 0 Å². The third kappa shape index (κ3) is 4.25. The van der Waals surface area contributed by atoms with Crippen molar-refractivity contribution in [1.82, 2.24) is 0 Å². The minimum Gasteiger partial charge on any atom is -0.414 e. The lowest BCUT2D eigenvalue weighted by atomic mass is 10.0. The smallest absolute Gasteiger partial charge is 0.192 e. The number of hydrogen-bond donors (Lipinski definition) is 1. The Balaban J connectivity index is 4.47. The summed E-state index contributed by atoms with van der Waals surface area (Å²) >= 11 is 0. The van der Waals surface area contributed by atoms with Crippen molar-refractivity contribution < 1.29 is 9.53 Å². The maximum atomic E-state index is 9.19. The van der Waals surface area contributed by atoms with Gasteiger partial charge in [-0.3, -0.25) is 0 Å². The molecule has 0 radical (unpaired) electrons. The zero-order valence-corrected chi connectivity index (χ0v) is 12.0. The van der Waals surface area contributed by atoms with Gasteiger partial charge in [-0.1, -0.05) is 34.6 Å². The summed E-state index contributed by atoms with van der Waals surface area (Å²) in [6.45, 7) is 11.2. The predicted octanol–water partition coefficient (Wildman–Crippen LogP) is 3.42. The van der Waals surface area contributed by atoms with E-state index in [-0.39, 0.29) is 18.6 Å². The van der Waals surface area contributed by atoms with Crippen LogP contribution >= 0.6 is 0 Å². The zero-order chi connectivity index (χ0) is 11.9. The molecule has 15 heavy (non-hydrogen) atoms. The lowest BCUT2D eigenvalue weighted by Crippen LogP contribution is -2.42. The first kappa shape index (κ1) is 15.1. The average molecular weight is 232 g/mol. The van der Waals surface area contributed by atoms with E-state index in [4.69, 9.17) is 4.43 Å². The van der Waals surface area contributed by atoms with Gasteiger partial charge >= 0.3 is 0 Å². The van der Waals surface area contributed by atoms with E-state index in [2.05, 4.69) is 34.6 Å². The molecule has 0 saturated carbocycles. The number of aliphatic hydroxyl groups excluding tert-OH is 1. The Morgan fingerprint density at radius 2 is 1.53 bits per heavy atom. The first-order valence-corrected chi connectivity index (χ1v) is 8.90. The molecular weight excluding hydrogens is 204 g/mol. The Morgan fingerprint density at radius 1 is 1.07 bits per heavy atom. The van der Waals surface area contributed by atoms with Gasteiger partial charge in [-0.15, -0.1) is 0 Å². The minimum absolute atomic E-state index is 0.236. The van der Waals surface area contributed by atoms with E-state index in [0.29, 0.717) is 0 Å². The molecule has 0 aliphatic rings. The molecule has 0 aliphatic carbocycles. The topological polar surface area (TPSA) is 29.5 Å². The van der Waals surface area contributed by atoms with Gasteiger partial charge in [0.1, 0.15) is 0 Å². The summed E-state index contributed by atoms with van der Waals surface area (Å²) in [5.41, 5.74) is 0. The fourth-order valence-corrected chi connectivity index (χ4v) is 5.08. The average Bonchev–Trinajstić information content (AvgIpc) is 2.31. The Labute approximate surface area is 96.2 Å². The number of hydrogen-bond acceptors (Lipinski definition) is 2. The van der Waals surface area contributed by atoms with E-state index < -0.39 is 8.32 Å². The molecule has 0 rings (SSSR count). The molecule has 0 aromatic heterocycles. The van der Waals surface area contributed by atoms with Crippen molar-refractivity contribution in [3.05, 3.63) is 0 Å². The molecule has 0 heterocycles. The van der Waals surface area contributed by atoms with Crippen LogP contribution in [0, 0.1) is 5.92 Å². The predicted molar refractivity (Wildman–Crippen MR) is 68.6 cm³/mol. The lowest BCUT2D eigenvalue weighted by molar-refractivity contribution is 0.0846. The molecule has 2 nitrogen and oxygen atoms in total. The van der Waals surface area contributed by atoms with Crippen LogP contribution in [-0.2, 0) is 4.43 Å². The Bertz CT molecular complexity index is 149. The maximum Gasteiger partial charge on any atom is 0.192 e. The molecule has 0 saturated heterocycles. The van der Waals surface area contributed by atoms with E-state index in [9.17, 15) is 5.11 Å². The molecule has 3 heteroatoms. The van der Waals surface area contributed by atoms with Crippen molar-refractivity contribution in [1.29, 1.82) is 0 Å². The van der Waals surface area contributed by atoms with Crippen LogP contribution in [0.4, 0.5) is 0 Å². The maximum absolute atomic E-state index is 9.19. The van der Waals surface area contributed by atoms with E-state index >= 15 is 0 Å². The summed E-state index contributed by atoms with van der Waals surface area (Å²) < 4.78 is 6.37. The molecule has 0 fully saturated rings. The fourth-order valence-electron chi connectivity index (χ4n) is 2.04. The van der Waals surface area contributed by atoms with Crippen molar-refractivity contribution in [2.24, 2.45) is 5.92 Å². The first-order valence-electron chi connectivity index (χ1n) is 6.37. The van der Waals surface area contributed by atoms with Crippen LogP contribution < -0.4 is 0 Å². The monoisotopic (exact) mass is 232 g/mol. The second kappa shape index (κ2) is 7.42. The van der Waals surface area contributed by atoms with Crippen molar-refractivity contribution in [2.45, 2.75) is 65.3 Å². The third-order valence-corrected chi connectivity index (χ3v) is 8.33. The number of aliphatic hydroxyl groups is 1. The Kier molecular flexibility index (Phi) is 7.48. The lowest BCUT2D eigenvalue weighted by Gasteiger charge is -2.35. The second-order valence-corrected chi connectivity index (χ2v) is 9.19. The second-order valence-electron chi connectivity index (χ2n) is 4.47. The molecule has 0 bridgehead atoms. The molecule has 0 aromatic carbocycles. The highest BCUT2D eigenvalue weighted by atomic mass is 28.4. The van der Waals surface area contributed by atoms with E-state index in [1.165, 1.54) is 18.1 Å². The SMILES string of the molecule is CC[C@@H](O[Si](CC)(CC)CC)[C@H](C)CO. The molecule has 0 aromatic rings. The molecule has 0 amide bonds. The zero-order valence-electron chi connectivity index (χ0n) is 11.0. The fraction of sp³-hybridized carbons (Fsp3) is 1.00. The van der Waals surface area contributed by atoms with Crippen molar-refractivity contribution in [2.75, 3.05) is 6.61 Å². The molecule has 0 spiro atoms. The number of rotatable bonds is 8. The van der Waals surface area contributed by atoms with Crippen LogP contribution in [0.15, 0.2) is 0 Å². The van der Waals surface area contributed by atoms with Gasteiger partial charge < -0.3 is 9.53 Å². The van der Waals surface area contributed by atoms with Crippen molar-refractivity contribution in [3.63, 3.8) is 0 Å². The van der Waals surface area contributed by atoms with E-state index in [0.717, 1.165) is 6.42 Å². The molecule has 0 unspecified atom stereocenters. The van der Waals surface area contributed by atoms with Gasteiger partial charge in [-0.25, -0.2) is 0 Å². The van der Waals surface area contributed by atoms with Gasteiger partial charge in [0.2, 0.25) is 0 Å². The highest BCUT2D eigenvalue weighted by molar-refractivity contribution is 6.73. The van der Waals surface area contributed by atoms with Crippen LogP contribution in [0.25, 0.3) is 0 Å². The highest BCUT2D eigenvalue weighted by Gasteiger charge is 2.32. The Morgan fingerprint density at radius 3 is 1.80 bits per heavy atom. The van der Waals surface area contributed by atoms with Gasteiger partial charge in [0.15, 0.2) is 8.32 Å². The van der Waals surface area contributed by atoms with Crippen molar-refractivity contribution >= 4 is 8.32 Å². The van der Waals surface area contributed by atoms with Crippen LogP contribution in [0.3, 0.4) is 0 Å². The third-order valence-electron chi connectivity index (χ3n) is 3.66. The quantitative estimate of drug-likeness (QED) is 0.650. The van der Waals surface area contributed by atoms with Crippen LogP contribution in [0.1, 0.15) is 41.0 Å². The summed E-state index contributed by atoms with van der Waals surface area (Å²) in [4.78, 5) is 0. The molecule has 2 atom stereocenters. The van der Waals surface area contributed by atoms with Gasteiger partial charge in [0.25, 0.3) is 0 Å². The molecule has 1 N–H and O–H groups in total. The molecular formula is C12H28O2Si. The van der Waals surface area contributed by atoms with Gasteiger partial charge in [-0.05, 0) is 24.6 Å². The van der Waals surface area contributed by atoms with Gasteiger partial charge in [0.05, 0.1) is 0 Å². The van der Waals surface area contributed by atoms with Crippen LogP contribution in [0.5, 0.6) is 0 Å². The highest BCUT2D eigenvalue weighted by Crippen LogP contribution is 2.26. The standard InChI is InChI=1S/C12H28O2Si/c1-6-12(11(5)10-13)14-15(7-2,8-3)9-4/h11-13H,6-10H2,1-5H3/t11-,12-/m1/s1. The summed E-state index contributed by atoms with van der Waals surface area (Å²) in [7, 11) is -1.49. The van der Waals surface area contributed by atoms with E-state index in [1.807, 2.05) is 0 Å². The summed E-state index contributed by atoms with van der Waals surface area (Å²) in [5.74, 6) is 0.270. The largest absolute Gasteiger partial charge is 0.414 e. The molecule has 0 aliphatic heterocycles. The summed E-state index contributed by atoms with van der Waals surface area (Å²) in [5, 5.41) is 9.19. The Hall–Kier alpha value is 0.137. The van der Waals surface area contributed by atoms with Crippen LogP contribution in [-0.4, -0.2) is 26.1 Å². The summed E-state index contributed by atoms with van der Waals surface area (Å²) in [6.07, 6.45) is 1.26. The first-order chi connectivity index (χ1) is 7.09. The summed E-state index contributed by atoms with van der Waals surface area (Å²) in [6, 6.07) is 3.57. The van der Waals surface area contributed by atoms with E-state index in [1.54, 1.807) is 0 Å². The van der Waals surface area contributed by atoms with Gasteiger partial charge in [-0.2, -0.15) is 0 Å². The molecule has 92 valence electrons. The van der Waals surface area contributed by atoms with Gasteiger partial charge in [0, 0.05) is 18.6 Å².